The van der Waals surface area contributed by atoms with Crippen LogP contribution in [0.25, 0.3) is 0 Å². The molecule has 0 bridgehead atoms. The summed E-state index contributed by atoms with van der Waals surface area (Å²) in [7, 11) is -3.23. The Morgan fingerprint density at radius 2 is 2.09 bits per heavy atom. The van der Waals surface area contributed by atoms with Gasteiger partial charge in [0.05, 0.1) is 29.0 Å². The maximum Gasteiger partial charge on any atom is 0.404 e. The second-order valence-corrected chi connectivity index (χ2v) is 8.95. The first-order valence-electron chi connectivity index (χ1n) is 6.86. The molecule has 2 aliphatic rings. The molecule has 2 atom stereocenters. The van der Waals surface area contributed by atoms with Crippen LogP contribution in [0.4, 0.5) is 19.0 Å². The first-order chi connectivity index (χ1) is 10.6. The van der Waals surface area contributed by atoms with Gasteiger partial charge in [-0.3, -0.25) is 4.79 Å². The van der Waals surface area contributed by atoms with Crippen molar-refractivity contribution in [2.24, 2.45) is 0 Å². The number of sulfone groups is 1. The molecule has 1 N–H and O–H groups in total. The number of carbonyl (C=O) groups is 1. The Morgan fingerprint density at radius 3 is 2.65 bits per heavy atom. The first-order valence-corrected chi connectivity index (χ1v) is 9.73. The fourth-order valence-electron chi connectivity index (χ4n) is 2.90. The summed E-state index contributed by atoms with van der Waals surface area (Å²) < 4.78 is 64.5. The number of halogens is 3. The Hall–Kier alpha value is -1.23. The van der Waals surface area contributed by atoms with E-state index in [-0.39, 0.29) is 40.8 Å². The molecule has 6 nitrogen and oxygen atoms in total. The lowest BCUT2D eigenvalue weighted by molar-refractivity contribution is -0.129. The van der Waals surface area contributed by atoms with Crippen molar-refractivity contribution in [3.63, 3.8) is 0 Å². The van der Waals surface area contributed by atoms with E-state index in [0.717, 1.165) is 0 Å². The summed E-state index contributed by atoms with van der Waals surface area (Å²) in [4.78, 5) is 11.8. The smallest absolute Gasteiger partial charge is 0.310 e. The van der Waals surface area contributed by atoms with Crippen LogP contribution in [0.15, 0.2) is 0 Å². The average Bonchev–Trinajstić information content (AvgIpc) is 2.83. The summed E-state index contributed by atoms with van der Waals surface area (Å²) in [5.74, 6) is -1.11. The molecular formula is C12H14F3N3O3S2. The number of rotatable bonds is 1. The molecule has 2 aliphatic heterocycles. The molecule has 1 saturated heterocycles. The highest BCUT2D eigenvalue weighted by Crippen LogP contribution is 2.49. The van der Waals surface area contributed by atoms with Gasteiger partial charge in [0.15, 0.2) is 9.84 Å². The molecule has 11 heteroatoms. The van der Waals surface area contributed by atoms with Crippen LogP contribution in [0.1, 0.15) is 29.0 Å². The van der Waals surface area contributed by atoms with E-state index >= 15 is 0 Å². The molecule has 23 heavy (non-hydrogen) atoms. The number of aryl methyl sites for hydroxylation is 1. The van der Waals surface area contributed by atoms with Gasteiger partial charge in [-0.15, -0.1) is 11.8 Å². The van der Waals surface area contributed by atoms with Crippen LogP contribution in [-0.2, 0) is 14.6 Å². The normalized spacial score (nSPS) is 27.4. The molecule has 1 fully saturated rings. The van der Waals surface area contributed by atoms with Crippen molar-refractivity contribution >= 4 is 33.3 Å². The van der Waals surface area contributed by atoms with Gasteiger partial charge in [0.25, 0.3) is 0 Å². The van der Waals surface area contributed by atoms with E-state index in [2.05, 4.69) is 10.4 Å². The molecule has 0 aromatic carbocycles. The number of alkyl halides is 3. The van der Waals surface area contributed by atoms with Gasteiger partial charge in [-0.05, 0) is 13.3 Å². The Balaban J connectivity index is 2.10. The van der Waals surface area contributed by atoms with Crippen molar-refractivity contribution in [3.8, 4) is 0 Å². The van der Waals surface area contributed by atoms with Gasteiger partial charge in [-0.2, -0.15) is 18.3 Å². The molecule has 0 saturated carbocycles. The minimum atomic E-state index is -4.52. The van der Waals surface area contributed by atoms with Crippen LogP contribution >= 0.6 is 11.8 Å². The molecule has 1 amide bonds. The van der Waals surface area contributed by atoms with E-state index in [9.17, 15) is 26.4 Å². The second kappa shape index (κ2) is 5.40. The third kappa shape index (κ3) is 3.08. The molecule has 3 rings (SSSR count). The van der Waals surface area contributed by atoms with Crippen molar-refractivity contribution in [3.05, 3.63) is 11.3 Å². The lowest BCUT2D eigenvalue weighted by Gasteiger charge is -2.18. The molecule has 0 aliphatic carbocycles. The molecule has 2 unspecified atom stereocenters. The third-order valence-corrected chi connectivity index (χ3v) is 6.90. The Labute approximate surface area is 134 Å². The van der Waals surface area contributed by atoms with Crippen molar-refractivity contribution in [1.82, 2.24) is 9.78 Å². The van der Waals surface area contributed by atoms with Gasteiger partial charge in [0.1, 0.15) is 11.1 Å². The topological polar surface area (TPSA) is 81.1 Å². The number of amides is 1. The molecule has 3 heterocycles. The summed E-state index contributed by atoms with van der Waals surface area (Å²) in [6.45, 7) is 1.44. The molecule has 128 valence electrons. The van der Waals surface area contributed by atoms with E-state index < -0.39 is 33.2 Å². The number of carbonyl (C=O) groups excluding carboxylic acids is 1. The minimum absolute atomic E-state index is 0.0260. The monoisotopic (exact) mass is 369 g/mol. The largest absolute Gasteiger partial charge is 0.404 e. The number of anilines is 1. The van der Waals surface area contributed by atoms with Crippen molar-refractivity contribution < 1.29 is 26.4 Å². The summed E-state index contributed by atoms with van der Waals surface area (Å²) >= 11 is 0.503. The van der Waals surface area contributed by atoms with Crippen LogP contribution in [0.5, 0.6) is 0 Å². The van der Waals surface area contributed by atoms with Crippen molar-refractivity contribution in [2.45, 2.75) is 30.8 Å². The van der Waals surface area contributed by atoms with Crippen molar-refractivity contribution in [2.75, 3.05) is 22.6 Å². The SMILES string of the molecule is Cc1nn(C2CCS(=O)(=O)C2)c2c1C(C(F)(F)F)SCC(=O)N2. The Morgan fingerprint density at radius 1 is 1.39 bits per heavy atom. The fraction of sp³-hybridized carbons (Fsp3) is 0.667. The summed E-state index contributed by atoms with van der Waals surface area (Å²) in [6.07, 6.45) is -4.25. The highest BCUT2D eigenvalue weighted by atomic mass is 32.2. The van der Waals surface area contributed by atoms with E-state index in [4.69, 9.17) is 0 Å². The third-order valence-electron chi connectivity index (χ3n) is 3.88. The van der Waals surface area contributed by atoms with Crippen LogP contribution in [0, 0.1) is 6.92 Å². The number of aromatic nitrogens is 2. The standard InChI is InChI=1S/C12H14F3N3O3S2/c1-6-9-10(12(13,14)15)22-4-8(19)16-11(9)18(17-6)7-2-3-23(20,21)5-7/h7,10H,2-5H2,1H3,(H,16,19). The van der Waals surface area contributed by atoms with E-state index in [1.165, 1.54) is 11.6 Å². The zero-order valence-corrected chi connectivity index (χ0v) is 13.7. The predicted octanol–water partition coefficient (Wildman–Crippen LogP) is 1.84. The highest BCUT2D eigenvalue weighted by molar-refractivity contribution is 8.00. The Kier molecular flexibility index (Phi) is 3.90. The van der Waals surface area contributed by atoms with E-state index in [1.807, 2.05) is 0 Å². The lowest BCUT2D eigenvalue weighted by atomic mass is 10.1. The molecular weight excluding hydrogens is 355 g/mol. The number of hydrogen-bond acceptors (Lipinski definition) is 5. The number of fused-ring (bicyclic) bond motifs is 1. The van der Waals surface area contributed by atoms with Gasteiger partial charge in [0.2, 0.25) is 5.91 Å². The number of hydrogen-bond donors (Lipinski definition) is 1. The van der Waals surface area contributed by atoms with Gasteiger partial charge >= 0.3 is 6.18 Å². The summed E-state index contributed by atoms with van der Waals surface area (Å²) in [5.41, 5.74) is 0.0685. The fourth-order valence-corrected chi connectivity index (χ4v) is 5.62. The molecule has 0 spiro atoms. The Bertz CT molecular complexity index is 758. The zero-order chi connectivity index (χ0) is 17.0. The number of nitrogens with zero attached hydrogens (tertiary/aromatic N) is 2. The molecule has 1 aromatic rings. The van der Waals surface area contributed by atoms with Gasteiger partial charge in [0, 0.05) is 5.56 Å². The van der Waals surface area contributed by atoms with Crippen molar-refractivity contribution in [1.29, 1.82) is 0 Å². The van der Waals surface area contributed by atoms with E-state index in [1.54, 1.807) is 0 Å². The summed E-state index contributed by atoms with van der Waals surface area (Å²) in [6, 6.07) is -0.556. The second-order valence-electron chi connectivity index (χ2n) is 5.63. The van der Waals surface area contributed by atoms with Gasteiger partial charge in [-0.25, -0.2) is 13.1 Å². The predicted molar refractivity (Wildman–Crippen MR) is 79.2 cm³/mol. The van der Waals surface area contributed by atoms with Gasteiger partial charge < -0.3 is 5.32 Å². The molecule has 0 radical (unpaired) electrons. The number of thioether (sulfide) groups is 1. The van der Waals surface area contributed by atoms with Crippen LogP contribution in [-0.4, -0.2) is 47.5 Å². The highest BCUT2D eigenvalue weighted by Gasteiger charge is 2.47. The summed E-state index contributed by atoms with van der Waals surface area (Å²) in [5, 5.41) is 4.71. The maximum absolute atomic E-state index is 13.3. The van der Waals surface area contributed by atoms with E-state index in [0.29, 0.717) is 11.8 Å². The van der Waals surface area contributed by atoms with Crippen LogP contribution in [0.3, 0.4) is 0 Å². The maximum atomic E-state index is 13.3. The zero-order valence-electron chi connectivity index (χ0n) is 12.1. The minimum Gasteiger partial charge on any atom is -0.310 e. The van der Waals surface area contributed by atoms with Crippen LogP contribution < -0.4 is 5.32 Å². The molecule has 1 aromatic heterocycles. The first kappa shape index (κ1) is 16.6. The van der Waals surface area contributed by atoms with Gasteiger partial charge in [-0.1, -0.05) is 0 Å². The number of nitrogens with one attached hydrogen (secondary N) is 1. The quantitative estimate of drug-likeness (QED) is 0.817. The van der Waals surface area contributed by atoms with Crippen LogP contribution in [0.2, 0.25) is 0 Å². The lowest BCUT2D eigenvalue weighted by Crippen LogP contribution is -2.20. The average molecular weight is 369 g/mol.